The second kappa shape index (κ2) is 11.0. The Kier molecular flexibility index (Phi) is 8.34. The lowest BCUT2D eigenvalue weighted by molar-refractivity contribution is -0.387. The van der Waals surface area contributed by atoms with Gasteiger partial charge in [-0.15, -0.1) is 0 Å². The van der Waals surface area contributed by atoms with Crippen LogP contribution in [0.2, 0.25) is 0 Å². The van der Waals surface area contributed by atoms with Gasteiger partial charge in [0.05, 0.1) is 9.82 Å². The van der Waals surface area contributed by atoms with Crippen molar-refractivity contribution in [3.05, 3.63) is 70.3 Å². The zero-order chi connectivity index (χ0) is 25.9. The molecule has 35 heavy (non-hydrogen) atoms. The van der Waals surface area contributed by atoms with E-state index in [0.29, 0.717) is 23.5 Å². The molecule has 1 unspecified atom stereocenters. The zero-order valence-corrected chi connectivity index (χ0v) is 21.7. The van der Waals surface area contributed by atoms with Crippen LogP contribution in [0.5, 0.6) is 0 Å². The molecule has 1 heterocycles. The average molecular weight is 497 g/mol. The van der Waals surface area contributed by atoms with Crippen LogP contribution >= 0.6 is 11.8 Å². The molecule has 1 aliphatic heterocycles. The summed E-state index contributed by atoms with van der Waals surface area (Å²) in [4.78, 5) is 43.8. The molecule has 1 saturated heterocycles. The largest absolute Gasteiger partial charge is 0.347 e. The first-order chi connectivity index (χ1) is 16.5. The van der Waals surface area contributed by atoms with Crippen LogP contribution in [0.4, 0.5) is 5.69 Å². The number of nitro groups is 1. The molecule has 2 aromatic rings. The standard InChI is InChI=1S/C26H32N4O4S/c1-17(2)20-9-7-8-10-23(20)35-24-12-11-19(15-21(24)30(33)34)18(3)25(31)29-14-13-28(6)22(16-29)26(32)27(4)5/h7-12,15,17,22H,3,13-14,16H2,1-2,4-6H3. The van der Waals surface area contributed by atoms with Crippen LogP contribution in [0.15, 0.2) is 58.8 Å². The Bertz CT molecular complexity index is 1150. The summed E-state index contributed by atoms with van der Waals surface area (Å²) < 4.78 is 0. The lowest BCUT2D eigenvalue weighted by Crippen LogP contribution is -2.58. The maximum absolute atomic E-state index is 13.2. The summed E-state index contributed by atoms with van der Waals surface area (Å²) in [7, 11) is 5.24. The highest BCUT2D eigenvalue weighted by Gasteiger charge is 2.34. The highest BCUT2D eigenvalue weighted by molar-refractivity contribution is 7.99. The normalized spacial score (nSPS) is 16.3. The number of carbonyl (C=O) groups excluding carboxylic acids is 2. The highest BCUT2D eigenvalue weighted by atomic mass is 32.2. The Morgan fingerprint density at radius 2 is 1.83 bits per heavy atom. The fraction of sp³-hybridized carbons (Fsp3) is 0.385. The number of rotatable bonds is 7. The summed E-state index contributed by atoms with van der Waals surface area (Å²) in [5, 5.41) is 11.9. The van der Waals surface area contributed by atoms with E-state index in [1.165, 1.54) is 22.7 Å². The number of carbonyl (C=O) groups is 2. The Morgan fingerprint density at radius 1 is 1.14 bits per heavy atom. The number of amides is 2. The maximum atomic E-state index is 13.2. The quantitative estimate of drug-likeness (QED) is 0.326. The van der Waals surface area contributed by atoms with Gasteiger partial charge < -0.3 is 9.80 Å². The molecule has 2 amide bonds. The molecule has 9 heteroatoms. The van der Waals surface area contributed by atoms with Gasteiger partial charge in [-0.2, -0.15) is 0 Å². The first-order valence-electron chi connectivity index (χ1n) is 11.5. The van der Waals surface area contributed by atoms with Gasteiger partial charge in [0.1, 0.15) is 6.04 Å². The van der Waals surface area contributed by atoms with Gasteiger partial charge >= 0.3 is 0 Å². The van der Waals surface area contributed by atoms with Crippen molar-refractivity contribution in [1.29, 1.82) is 0 Å². The lowest BCUT2D eigenvalue weighted by Gasteiger charge is -2.39. The van der Waals surface area contributed by atoms with Gasteiger partial charge in [-0.05, 0) is 36.2 Å². The minimum absolute atomic E-state index is 0.0703. The molecule has 1 aliphatic rings. The maximum Gasteiger partial charge on any atom is 0.283 e. The van der Waals surface area contributed by atoms with Crippen molar-refractivity contribution in [3.8, 4) is 0 Å². The summed E-state index contributed by atoms with van der Waals surface area (Å²) in [5.41, 5.74) is 1.62. The van der Waals surface area contributed by atoms with Crippen LogP contribution in [0.3, 0.4) is 0 Å². The fourth-order valence-corrected chi connectivity index (χ4v) is 5.22. The average Bonchev–Trinajstić information content (AvgIpc) is 2.83. The van der Waals surface area contributed by atoms with Crippen molar-refractivity contribution in [2.24, 2.45) is 0 Å². The Hall–Kier alpha value is -3.17. The Balaban J connectivity index is 1.84. The number of piperazine rings is 1. The van der Waals surface area contributed by atoms with E-state index in [9.17, 15) is 19.7 Å². The van der Waals surface area contributed by atoms with E-state index in [2.05, 4.69) is 20.4 Å². The molecule has 0 saturated carbocycles. The smallest absolute Gasteiger partial charge is 0.283 e. The molecule has 0 aromatic heterocycles. The van der Waals surface area contributed by atoms with E-state index in [-0.39, 0.29) is 35.5 Å². The van der Waals surface area contributed by atoms with Crippen molar-refractivity contribution < 1.29 is 14.5 Å². The van der Waals surface area contributed by atoms with Gasteiger partial charge in [0.2, 0.25) is 5.91 Å². The minimum atomic E-state index is -0.440. The van der Waals surface area contributed by atoms with Crippen LogP contribution in [0.1, 0.15) is 30.9 Å². The number of hydrogen-bond acceptors (Lipinski definition) is 6. The fourth-order valence-electron chi connectivity index (χ4n) is 4.04. The van der Waals surface area contributed by atoms with E-state index in [1.54, 1.807) is 31.1 Å². The predicted molar refractivity (Wildman–Crippen MR) is 138 cm³/mol. The second-order valence-corrected chi connectivity index (χ2v) is 10.3. The van der Waals surface area contributed by atoms with Crippen molar-refractivity contribution in [3.63, 3.8) is 0 Å². The van der Waals surface area contributed by atoms with E-state index in [0.717, 1.165) is 10.5 Å². The number of benzene rings is 2. The molecule has 8 nitrogen and oxygen atoms in total. The number of nitrogens with zero attached hydrogens (tertiary/aromatic N) is 4. The molecule has 0 spiro atoms. The topological polar surface area (TPSA) is 87.0 Å². The molecule has 0 aliphatic carbocycles. The number of nitro benzene ring substituents is 1. The predicted octanol–water partition coefficient (Wildman–Crippen LogP) is 4.11. The Labute approximate surface area is 210 Å². The number of likely N-dealkylation sites (N-methyl/N-ethyl adjacent to an activating group) is 2. The molecule has 1 atom stereocenters. The van der Waals surface area contributed by atoms with E-state index in [1.807, 2.05) is 36.2 Å². The molecular weight excluding hydrogens is 464 g/mol. The third-order valence-corrected chi connectivity index (χ3v) is 7.34. The van der Waals surface area contributed by atoms with Crippen molar-refractivity contribution in [2.75, 3.05) is 40.8 Å². The van der Waals surface area contributed by atoms with Crippen molar-refractivity contribution in [1.82, 2.24) is 14.7 Å². The van der Waals surface area contributed by atoms with Crippen LogP contribution in [0, 0.1) is 10.1 Å². The third-order valence-electron chi connectivity index (χ3n) is 6.18. The van der Waals surface area contributed by atoms with E-state index >= 15 is 0 Å². The third kappa shape index (κ3) is 5.91. The molecule has 0 radical (unpaired) electrons. The van der Waals surface area contributed by atoms with Crippen LogP contribution in [-0.4, -0.2) is 78.3 Å². The summed E-state index contributed by atoms with van der Waals surface area (Å²) in [5.74, 6) is -0.120. The Morgan fingerprint density at radius 3 is 2.46 bits per heavy atom. The zero-order valence-electron chi connectivity index (χ0n) is 20.9. The van der Waals surface area contributed by atoms with Crippen LogP contribution in [0.25, 0.3) is 5.57 Å². The molecule has 186 valence electrons. The first-order valence-corrected chi connectivity index (χ1v) is 12.3. The van der Waals surface area contributed by atoms with E-state index < -0.39 is 11.0 Å². The molecular formula is C26H32N4O4S. The van der Waals surface area contributed by atoms with Gasteiger partial charge in [-0.25, -0.2) is 0 Å². The van der Waals surface area contributed by atoms with Gasteiger partial charge in [0.15, 0.2) is 0 Å². The lowest BCUT2D eigenvalue weighted by atomic mass is 10.0. The van der Waals surface area contributed by atoms with Gasteiger partial charge in [-0.1, -0.05) is 56.5 Å². The SMILES string of the molecule is C=C(C(=O)N1CCN(C)C(C(=O)N(C)C)C1)c1ccc(Sc2ccccc2C(C)C)c([N+](=O)[O-])c1. The number of hydrogen-bond donors (Lipinski definition) is 0. The summed E-state index contributed by atoms with van der Waals surface area (Å²) >= 11 is 1.35. The van der Waals surface area contributed by atoms with Crippen LogP contribution < -0.4 is 0 Å². The highest BCUT2D eigenvalue weighted by Crippen LogP contribution is 2.39. The van der Waals surface area contributed by atoms with E-state index in [4.69, 9.17) is 0 Å². The molecule has 3 rings (SSSR count). The molecule has 1 fully saturated rings. The minimum Gasteiger partial charge on any atom is -0.347 e. The summed E-state index contributed by atoms with van der Waals surface area (Å²) in [6.07, 6.45) is 0. The molecule has 2 aromatic carbocycles. The van der Waals surface area contributed by atoms with Gasteiger partial charge in [0.25, 0.3) is 11.6 Å². The molecule has 0 bridgehead atoms. The van der Waals surface area contributed by atoms with Gasteiger partial charge in [-0.3, -0.25) is 24.6 Å². The monoisotopic (exact) mass is 496 g/mol. The summed E-state index contributed by atoms with van der Waals surface area (Å²) in [6.45, 7) is 9.36. The van der Waals surface area contributed by atoms with Crippen molar-refractivity contribution in [2.45, 2.75) is 35.6 Å². The second-order valence-electron chi connectivity index (χ2n) is 9.19. The molecule has 0 N–H and O–H groups in total. The first kappa shape index (κ1) is 26.4. The van der Waals surface area contributed by atoms with Gasteiger partial charge in [0, 0.05) is 50.3 Å². The summed E-state index contributed by atoms with van der Waals surface area (Å²) in [6, 6.07) is 12.2. The van der Waals surface area contributed by atoms with Crippen LogP contribution in [-0.2, 0) is 9.59 Å². The van der Waals surface area contributed by atoms with Crippen molar-refractivity contribution >= 4 is 34.8 Å².